The molecule has 1 N–H and O–H groups in total. The Hall–Kier alpha value is -2.69. The Morgan fingerprint density at radius 3 is 2.52 bits per heavy atom. The number of sulfonamides is 1. The Labute approximate surface area is 180 Å². The van der Waals surface area contributed by atoms with Crippen molar-refractivity contribution in [3.63, 3.8) is 0 Å². The lowest BCUT2D eigenvalue weighted by molar-refractivity contribution is 0.122. The van der Waals surface area contributed by atoms with Gasteiger partial charge in [0.2, 0.25) is 10.0 Å². The predicted molar refractivity (Wildman–Crippen MR) is 113 cm³/mol. The lowest BCUT2D eigenvalue weighted by atomic mass is 10.2. The number of benzene rings is 2. The number of rotatable bonds is 6. The van der Waals surface area contributed by atoms with Crippen LogP contribution in [0.3, 0.4) is 0 Å². The van der Waals surface area contributed by atoms with Crippen LogP contribution in [0.2, 0.25) is 0 Å². The molecule has 2 aromatic carbocycles. The molecule has 31 heavy (non-hydrogen) atoms. The third-order valence-corrected chi connectivity index (χ3v) is 6.74. The molecule has 2 fully saturated rings. The largest absolute Gasteiger partial charge is 0.443 e. The van der Waals surface area contributed by atoms with E-state index in [4.69, 9.17) is 9.47 Å². The fourth-order valence-corrected chi connectivity index (χ4v) is 4.63. The van der Waals surface area contributed by atoms with Crippen LogP contribution in [0.5, 0.6) is 0 Å². The molecule has 0 unspecified atom stereocenters. The number of amides is 1. The monoisotopic (exact) mass is 449 g/mol. The summed E-state index contributed by atoms with van der Waals surface area (Å²) in [5.41, 5.74) is 1.77. The van der Waals surface area contributed by atoms with Gasteiger partial charge in [-0.05, 0) is 37.3 Å². The molecular weight excluding hydrogens is 425 g/mol. The number of nitrogens with zero attached hydrogens (tertiary/aromatic N) is 2. The Morgan fingerprint density at radius 2 is 1.84 bits per heavy atom. The second-order valence-corrected chi connectivity index (χ2v) is 9.28. The number of anilines is 2. The van der Waals surface area contributed by atoms with E-state index < -0.39 is 28.0 Å². The lowest BCUT2D eigenvalue weighted by Crippen LogP contribution is -2.37. The molecule has 0 bridgehead atoms. The van der Waals surface area contributed by atoms with Crippen molar-refractivity contribution in [1.29, 1.82) is 0 Å². The van der Waals surface area contributed by atoms with E-state index in [2.05, 4.69) is 4.72 Å². The Balaban J connectivity index is 1.40. The van der Waals surface area contributed by atoms with E-state index in [0.717, 1.165) is 5.56 Å². The van der Waals surface area contributed by atoms with Gasteiger partial charge < -0.3 is 14.4 Å². The zero-order chi connectivity index (χ0) is 22.0. The summed E-state index contributed by atoms with van der Waals surface area (Å²) in [6.07, 6.45) is -1.33. The van der Waals surface area contributed by atoms with Crippen LogP contribution in [0.1, 0.15) is 5.56 Å². The third kappa shape index (κ3) is 4.81. The number of cyclic esters (lactones) is 1. The molecule has 0 saturated carbocycles. The zero-order valence-corrected chi connectivity index (χ0v) is 17.9. The predicted octanol–water partition coefficient (Wildman–Crippen LogP) is 2.27. The standard InChI is InChI=1S/C21H24FN3O5S/c1-15-2-5-18(6-3-15)31(27,28)23-13-17-14-25(21(26)30-17)16-4-7-20(19(22)12-16)24-8-10-29-11-9-24/h2-7,12,17,23H,8-11,13-14H2,1H3/t17-/m0/s1. The van der Waals surface area contributed by atoms with E-state index >= 15 is 0 Å². The van der Waals surface area contributed by atoms with Crippen LogP contribution < -0.4 is 14.5 Å². The summed E-state index contributed by atoms with van der Waals surface area (Å²) in [4.78, 5) is 15.6. The number of morpholine rings is 1. The number of hydrogen-bond donors (Lipinski definition) is 1. The van der Waals surface area contributed by atoms with Crippen LogP contribution in [0, 0.1) is 12.7 Å². The van der Waals surface area contributed by atoms with Gasteiger partial charge in [-0.25, -0.2) is 22.3 Å². The van der Waals surface area contributed by atoms with Crippen molar-refractivity contribution < 1.29 is 27.1 Å². The SMILES string of the molecule is Cc1ccc(S(=O)(=O)NC[C@H]2CN(c3ccc(N4CCOCC4)c(F)c3)C(=O)O2)cc1. The maximum atomic E-state index is 14.7. The van der Waals surface area contributed by atoms with Crippen LogP contribution in [0.25, 0.3) is 0 Å². The highest BCUT2D eigenvalue weighted by molar-refractivity contribution is 7.89. The van der Waals surface area contributed by atoms with Crippen LogP contribution >= 0.6 is 0 Å². The second kappa shape index (κ2) is 8.81. The highest BCUT2D eigenvalue weighted by Crippen LogP contribution is 2.28. The average Bonchev–Trinajstić information content (AvgIpc) is 3.14. The number of nitrogens with one attached hydrogen (secondary N) is 1. The van der Waals surface area contributed by atoms with E-state index in [1.54, 1.807) is 24.3 Å². The Morgan fingerprint density at radius 1 is 1.13 bits per heavy atom. The molecule has 4 rings (SSSR count). The molecule has 1 amide bonds. The highest BCUT2D eigenvalue weighted by atomic mass is 32.2. The highest BCUT2D eigenvalue weighted by Gasteiger charge is 2.33. The maximum Gasteiger partial charge on any atom is 0.414 e. The van der Waals surface area contributed by atoms with E-state index in [-0.39, 0.29) is 18.0 Å². The van der Waals surface area contributed by atoms with Crippen molar-refractivity contribution in [2.45, 2.75) is 17.9 Å². The third-order valence-electron chi connectivity index (χ3n) is 5.30. The number of carbonyl (C=O) groups is 1. The first-order valence-electron chi connectivity index (χ1n) is 10.0. The molecule has 8 nitrogen and oxygen atoms in total. The molecule has 0 aromatic heterocycles. The Bertz CT molecular complexity index is 1060. The fourth-order valence-electron chi connectivity index (χ4n) is 3.57. The molecule has 0 spiro atoms. The molecule has 10 heteroatoms. The summed E-state index contributed by atoms with van der Waals surface area (Å²) in [5.74, 6) is -0.435. The van der Waals surface area contributed by atoms with Gasteiger partial charge in [-0.1, -0.05) is 17.7 Å². The fraction of sp³-hybridized carbons (Fsp3) is 0.381. The van der Waals surface area contributed by atoms with Gasteiger partial charge in [0.15, 0.2) is 0 Å². The van der Waals surface area contributed by atoms with Gasteiger partial charge in [0.25, 0.3) is 0 Å². The first kappa shape index (κ1) is 21.5. The van der Waals surface area contributed by atoms with Crippen molar-refractivity contribution in [1.82, 2.24) is 4.72 Å². The van der Waals surface area contributed by atoms with Gasteiger partial charge in [-0.2, -0.15) is 0 Å². The topological polar surface area (TPSA) is 88.2 Å². The summed E-state index contributed by atoms with van der Waals surface area (Å²) in [6, 6.07) is 11.0. The summed E-state index contributed by atoms with van der Waals surface area (Å²) < 4.78 is 52.6. The summed E-state index contributed by atoms with van der Waals surface area (Å²) in [5, 5.41) is 0. The van der Waals surface area contributed by atoms with Crippen molar-refractivity contribution in [2.75, 3.05) is 49.2 Å². The number of hydrogen-bond acceptors (Lipinski definition) is 6. The summed E-state index contributed by atoms with van der Waals surface area (Å²) in [7, 11) is -3.72. The number of carbonyl (C=O) groups excluding carboxylic acids is 1. The molecule has 166 valence electrons. The van der Waals surface area contributed by atoms with E-state index in [9.17, 15) is 17.6 Å². The van der Waals surface area contributed by atoms with E-state index in [1.807, 2.05) is 11.8 Å². The maximum absolute atomic E-state index is 14.7. The average molecular weight is 450 g/mol. The quantitative estimate of drug-likeness (QED) is 0.728. The Kier molecular flexibility index (Phi) is 6.12. The van der Waals surface area contributed by atoms with Crippen molar-refractivity contribution in [2.24, 2.45) is 0 Å². The van der Waals surface area contributed by atoms with Gasteiger partial charge in [-0.3, -0.25) is 4.90 Å². The first-order chi connectivity index (χ1) is 14.8. The molecular formula is C21H24FN3O5S. The summed E-state index contributed by atoms with van der Waals surface area (Å²) in [6.45, 7) is 4.20. The molecule has 0 aliphatic carbocycles. The second-order valence-electron chi connectivity index (χ2n) is 7.52. The van der Waals surface area contributed by atoms with Crippen LogP contribution in [-0.2, 0) is 19.5 Å². The molecule has 2 saturated heterocycles. The van der Waals surface area contributed by atoms with Gasteiger partial charge in [0.1, 0.15) is 11.9 Å². The molecule has 2 aliphatic rings. The van der Waals surface area contributed by atoms with Crippen molar-refractivity contribution >= 4 is 27.5 Å². The molecule has 2 aromatic rings. The summed E-state index contributed by atoms with van der Waals surface area (Å²) >= 11 is 0. The van der Waals surface area contributed by atoms with Gasteiger partial charge >= 0.3 is 6.09 Å². The zero-order valence-electron chi connectivity index (χ0n) is 17.1. The van der Waals surface area contributed by atoms with Gasteiger partial charge in [-0.15, -0.1) is 0 Å². The normalized spacial score (nSPS) is 19.5. The van der Waals surface area contributed by atoms with Gasteiger partial charge in [0.05, 0.1) is 36.0 Å². The smallest absolute Gasteiger partial charge is 0.414 e. The first-order valence-corrected chi connectivity index (χ1v) is 11.5. The minimum absolute atomic E-state index is 0.0766. The molecule has 2 heterocycles. The number of aryl methyl sites for hydroxylation is 1. The minimum atomic E-state index is -3.72. The number of halogens is 1. The van der Waals surface area contributed by atoms with Crippen molar-refractivity contribution in [3.05, 3.63) is 53.8 Å². The minimum Gasteiger partial charge on any atom is -0.443 e. The van der Waals surface area contributed by atoms with Crippen LogP contribution in [-0.4, -0.2) is 60.0 Å². The van der Waals surface area contributed by atoms with Crippen LogP contribution in [0.4, 0.5) is 20.6 Å². The molecule has 0 radical (unpaired) electrons. The van der Waals surface area contributed by atoms with E-state index in [0.29, 0.717) is 37.7 Å². The van der Waals surface area contributed by atoms with Crippen molar-refractivity contribution in [3.8, 4) is 0 Å². The molecule has 1 atom stereocenters. The molecule has 2 aliphatic heterocycles. The number of ether oxygens (including phenoxy) is 2. The van der Waals surface area contributed by atoms with E-state index in [1.165, 1.54) is 23.1 Å². The lowest BCUT2D eigenvalue weighted by Gasteiger charge is -2.29. The van der Waals surface area contributed by atoms with Crippen LogP contribution in [0.15, 0.2) is 47.4 Å². The van der Waals surface area contributed by atoms with Gasteiger partial charge in [0, 0.05) is 19.6 Å².